The van der Waals surface area contributed by atoms with E-state index in [1.165, 1.54) is 13.2 Å². The van der Waals surface area contributed by atoms with E-state index < -0.39 is 14.9 Å². The second kappa shape index (κ2) is 7.34. The Kier molecular flexibility index (Phi) is 6.06. The number of nitrogens with zero attached hydrogens (tertiary/aromatic N) is 1. The molecule has 0 saturated carbocycles. The number of nitro groups is 1. The van der Waals surface area contributed by atoms with Crippen molar-refractivity contribution in [2.75, 3.05) is 32.1 Å². The molecule has 0 atom stereocenters. The van der Waals surface area contributed by atoms with Gasteiger partial charge in [0.1, 0.15) is 5.69 Å². The summed E-state index contributed by atoms with van der Waals surface area (Å²) in [5.74, 6) is 0. The predicted molar refractivity (Wildman–Crippen MR) is 79.1 cm³/mol. The van der Waals surface area contributed by atoms with Crippen LogP contribution in [0.15, 0.2) is 17.0 Å². The summed E-state index contributed by atoms with van der Waals surface area (Å²) in [6, 6.07) is 2.54. The van der Waals surface area contributed by atoms with Gasteiger partial charge in [-0.15, -0.1) is 0 Å². The van der Waals surface area contributed by atoms with Crippen LogP contribution < -0.4 is 10.0 Å². The first-order chi connectivity index (χ1) is 9.83. The van der Waals surface area contributed by atoms with Crippen molar-refractivity contribution in [2.24, 2.45) is 0 Å². The maximum atomic E-state index is 12.2. The molecule has 0 aliphatic rings. The summed E-state index contributed by atoms with van der Waals surface area (Å²) >= 11 is 0. The zero-order chi connectivity index (χ0) is 16.0. The molecule has 0 aliphatic carbocycles. The van der Waals surface area contributed by atoms with Gasteiger partial charge >= 0.3 is 0 Å². The van der Waals surface area contributed by atoms with Crippen molar-refractivity contribution < 1.29 is 18.1 Å². The summed E-state index contributed by atoms with van der Waals surface area (Å²) in [6.45, 7) is 4.21. The maximum Gasteiger partial charge on any atom is 0.293 e. The number of aryl methyl sites for hydroxylation is 1. The number of hydrogen-bond donors (Lipinski definition) is 2. The molecule has 8 nitrogen and oxygen atoms in total. The predicted octanol–water partition coefficient (Wildman–Crippen LogP) is 1.26. The third kappa shape index (κ3) is 4.38. The molecule has 0 unspecified atom stereocenters. The Labute approximate surface area is 123 Å². The number of sulfonamides is 1. The second-order valence-electron chi connectivity index (χ2n) is 4.31. The maximum absolute atomic E-state index is 12.2. The first-order valence-electron chi connectivity index (χ1n) is 6.35. The van der Waals surface area contributed by atoms with E-state index in [2.05, 4.69) is 10.0 Å². The second-order valence-corrected chi connectivity index (χ2v) is 6.05. The topological polar surface area (TPSA) is 111 Å². The van der Waals surface area contributed by atoms with Crippen LogP contribution in [0.3, 0.4) is 0 Å². The summed E-state index contributed by atoms with van der Waals surface area (Å²) in [5, 5.41) is 13.9. The highest BCUT2D eigenvalue weighted by Crippen LogP contribution is 2.30. The van der Waals surface area contributed by atoms with Gasteiger partial charge in [0.05, 0.1) is 16.4 Å². The summed E-state index contributed by atoms with van der Waals surface area (Å²) in [4.78, 5) is 10.4. The van der Waals surface area contributed by atoms with Crippen LogP contribution in [-0.4, -0.2) is 40.1 Å². The molecule has 0 bridgehead atoms. The molecule has 0 amide bonds. The molecular weight excluding hydrogens is 298 g/mol. The number of rotatable bonds is 8. The minimum atomic E-state index is -3.81. The molecule has 0 radical (unpaired) electrons. The average Bonchev–Trinajstić information content (AvgIpc) is 2.38. The fourth-order valence-corrected chi connectivity index (χ4v) is 3.06. The van der Waals surface area contributed by atoms with Crippen molar-refractivity contribution in [1.29, 1.82) is 0 Å². The van der Waals surface area contributed by atoms with Crippen molar-refractivity contribution in [3.05, 3.63) is 27.8 Å². The molecule has 0 aliphatic heterocycles. The Morgan fingerprint density at radius 1 is 1.38 bits per heavy atom. The van der Waals surface area contributed by atoms with Gasteiger partial charge in [-0.2, -0.15) is 0 Å². The van der Waals surface area contributed by atoms with Crippen LogP contribution in [0, 0.1) is 17.0 Å². The number of hydrogen-bond acceptors (Lipinski definition) is 6. The van der Waals surface area contributed by atoms with Gasteiger partial charge in [-0.05, 0) is 25.5 Å². The molecule has 21 heavy (non-hydrogen) atoms. The third-order valence-corrected chi connectivity index (χ3v) is 4.35. The van der Waals surface area contributed by atoms with Crippen LogP contribution in [-0.2, 0) is 14.8 Å². The fourth-order valence-electron chi connectivity index (χ4n) is 1.81. The summed E-state index contributed by atoms with van der Waals surface area (Å²) in [5.41, 5.74) is 0.465. The number of nitrogens with one attached hydrogen (secondary N) is 2. The Balaban J connectivity index is 3.24. The number of methoxy groups -OCH3 is 1. The van der Waals surface area contributed by atoms with Crippen LogP contribution in [0.4, 0.5) is 11.4 Å². The van der Waals surface area contributed by atoms with Crippen molar-refractivity contribution in [3.8, 4) is 0 Å². The molecule has 0 heterocycles. The van der Waals surface area contributed by atoms with Gasteiger partial charge in [-0.25, -0.2) is 13.1 Å². The lowest BCUT2D eigenvalue weighted by Crippen LogP contribution is -2.28. The van der Waals surface area contributed by atoms with Gasteiger partial charge in [0, 0.05) is 26.3 Å². The van der Waals surface area contributed by atoms with Crippen LogP contribution in [0.25, 0.3) is 0 Å². The van der Waals surface area contributed by atoms with Crippen molar-refractivity contribution >= 4 is 21.4 Å². The Morgan fingerprint density at radius 2 is 2.05 bits per heavy atom. The molecule has 1 aromatic carbocycles. The van der Waals surface area contributed by atoms with Crippen LogP contribution in [0.1, 0.15) is 12.5 Å². The molecule has 118 valence electrons. The van der Waals surface area contributed by atoms with Crippen molar-refractivity contribution in [3.63, 3.8) is 0 Å². The summed E-state index contributed by atoms with van der Waals surface area (Å²) in [6.07, 6.45) is 0. The number of nitro benzene ring substituents is 1. The first-order valence-corrected chi connectivity index (χ1v) is 7.83. The lowest BCUT2D eigenvalue weighted by atomic mass is 10.2. The van der Waals surface area contributed by atoms with Crippen molar-refractivity contribution in [2.45, 2.75) is 18.7 Å². The highest BCUT2D eigenvalue weighted by molar-refractivity contribution is 7.89. The summed E-state index contributed by atoms with van der Waals surface area (Å²) < 4.78 is 31.4. The minimum absolute atomic E-state index is 0.0982. The van der Waals surface area contributed by atoms with Gasteiger partial charge in [0.2, 0.25) is 10.0 Å². The molecule has 1 rings (SSSR count). The monoisotopic (exact) mass is 317 g/mol. The molecule has 9 heteroatoms. The average molecular weight is 317 g/mol. The van der Waals surface area contributed by atoms with Crippen LogP contribution in [0.2, 0.25) is 0 Å². The molecule has 0 aromatic heterocycles. The van der Waals surface area contributed by atoms with Crippen LogP contribution in [0.5, 0.6) is 0 Å². The van der Waals surface area contributed by atoms with E-state index >= 15 is 0 Å². The fraction of sp³-hybridized carbons (Fsp3) is 0.500. The number of benzene rings is 1. The Bertz CT molecular complexity index is 616. The largest absolute Gasteiger partial charge is 0.383 e. The summed E-state index contributed by atoms with van der Waals surface area (Å²) in [7, 11) is -2.36. The highest BCUT2D eigenvalue weighted by Gasteiger charge is 2.23. The van der Waals surface area contributed by atoms with E-state index in [0.717, 1.165) is 6.07 Å². The SMILES string of the molecule is CCNc1cc(C)c(S(=O)(=O)NCCOC)cc1[N+](=O)[O-]. The van der Waals surface area contributed by atoms with E-state index in [1.54, 1.807) is 13.8 Å². The molecule has 0 saturated heterocycles. The smallest absolute Gasteiger partial charge is 0.293 e. The molecular formula is C12H19N3O5S. The zero-order valence-electron chi connectivity index (χ0n) is 12.2. The molecule has 0 fully saturated rings. The zero-order valence-corrected chi connectivity index (χ0v) is 13.0. The van der Waals surface area contributed by atoms with Gasteiger partial charge in [-0.3, -0.25) is 10.1 Å². The third-order valence-electron chi connectivity index (χ3n) is 2.74. The van der Waals surface area contributed by atoms with Gasteiger partial charge in [0.15, 0.2) is 0 Å². The lowest BCUT2D eigenvalue weighted by Gasteiger charge is -2.12. The van der Waals surface area contributed by atoms with Gasteiger partial charge < -0.3 is 10.1 Å². The van der Waals surface area contributed by atoms with E-state index in [1.807, 2.05) is 0 Å². The normalized spacial score (nSPS) is 11.4. The van der Waals surface area contributed by atoms with E-state index in [4.69, 9.17) is 4.74 Å². The van der Waals surface area contributed by atoms with Gasteiger partial charge in [0.25, 0.3) is 5.69 Å². The van der Waals surface area contributed by atoms with E-state index in [-0.39, 0.29) is 23.7 Å². The quantitative estimate of drug-likeness (QED) is 0.424. The Morgan fingerprint density at radius 3 is 2.57 bits per heavy atom. The Hall–Kier alpha value is -1.71. The van der Waals surface area contributed by atoms with Crippen LogP contribution >= 0.6 is 0 Å². The minimum Gasteiger partial charge on any atom is -0.383 e. The standard InChI is InChI=1S/C12H19N3O5S/c1-4-13-10-7-9(2)12(8-11(10)15(16)17)21(18,19)14-5-6-20-3/h7-8,13-14H,4-6H2,1-3H3. The molecule has 1 aromatic rings. The lowest BCUT2D eigenvalue weighted by molar-refractivity contribution is -0.384. The number of ether oxygens (including phenoxy) is 1. The molecule has 2 N–H and O–H groups in total. The number of anilines is 1. The van der Waals surface area contributed by atoms with Crippen molar-refractivity contribution in [1.82, 2.24) is 4.72 Å². The van der Waals surface area contributed by atoms with E-state index in [9.17, 15) is 18.5 Å². The van der Waals surface area contributed by atoms with E-state index in [0.29, 0.717) is 17.8 Å². The first kappa shape index (κ1) is 17.3. The molecule has 0 spiro atoms. The van der Waals surface area contributed by atoms with Gasteiger partial charge in [-0.1, -0.05) is 0 Å². The highest BCUT2D eigenvalue weighted by atomic mass is 32.2.